The first kappa shape index (κ1) is 18.2. The van der Waals surface area contributed by atoms with Crippen molar-refractivity contribution < 1.29 is 13.5 Å². The van der Waals surface area contributed by atoms with E-state index >= 15 is 0 Å². The van der Waals surface area contributed by atoms with Gasteiger partial charge >= 0.3 is 0 Å². The Morgan fingerprint density at radius 1 is 1.12 bits per heavy atom. The molecular weight excluding hydrogens is 328 g/mol. The molecule has 2 rings (SSSR count). The molecule has 0 saturated heterocycles. The van der Waals surface area contributed by atoms with Crippen LogP contribution in [-0.4, -0.2) is 29.6 Å². The second-order valence-corrected chi connectivity index (χ2v) is 7.83. The number of sulfone groups is 1. The van der Waals surface area contributed by atoms with Crippen LogP contribution in [0, 0.1) is 6.92 Å². The fourth-order valence-corrected chi connectivity index (χ4v) is 3.62. The van der Waals surface area contributed by atoms with Crippen LogP contribution < -0.4 is 5.56 Å². The van der Waals surface area contributed by atoms with Crippen LogP contribution >= 0.6 is 0 Å². The maximum absolute atomic E-state index is 12.6. The van der Waals surface area contributed by atoms with Gasteiger partial charge in [-0.3, -0.25) is 4.79 Å². The highest BCUT2D eigenvalue weighted by molar-refractivity contribution is 7.90. The molecule has 130 valence electrons. The summed E-state index contributed by atoms with van der Waals surface area (Å²) in [6.07, 6.45) is 2.27. The van der Waals surface area contributed by atoms with E-state index in [0.717, 1.165) is 27.6 Å². The average molecular weight is 350 g/mol. The van der Waals surface area contributed by atoms with Crippen LogP contribution in [0.5, 0.6) is 5.75 Å². The van der Waals surface area contributed by atoms with Crippen LogP contribution in [0.4, 0.5) is 0 Å². The molecule has 0 fully saturated rings. The molecule has 0 aliphatic rings. The Balaban J connectivity index is 3.04. The number of hydrogen-bond donors (Lipinski definition) is 1. The van der Waals surface area contributed by atoms with Gasteiger partial charge in [0.2, 0.25) is 5.03 Å². The van der Waals surface area contributed by atoms with Crippen molar-refractivity contribution in [1.29, 1.82) is 0 Å². The number of aryl methyl sites for hydroxylation is 4. The van der Waals surface area contributed by atoms with E-state index in [4.69, 9.17) is 0 Å². The number of rotatable bonds is 4. The van der Waals surface area contributed by atoms with Gasteiger partial charge in [0.05, 0.1) is 5.56 Å². The normalized spacial score (nSPS) is 11.7. The van der Waals surface area contributed by atoms with Gasteiger partial charge in [0.25, 0.3) is 5.56 Å². The van der Waals surface area contributed by atoms with Gasteiger partial charge in [0, 0.05) is 13.3 Å². The minimum absolute atomic E-state index is 0.00150. The first-order chi connectivity index (χ1) is 11.1. The standard InChI is InChI=1S/C17H22N2O4S/c1-6-11-8-10(3)9-12(7-2)13(11)14-15(20)16(24(5,22)23)18-19(4)17(14)21/h8-9,20H,6-7H2,1-5H3. The molecule has 1 heterocycles. The van der Waals surface area contributed by atoms with Crippen molar-refractivity contribution in [3.8, 4) is 16.9 Å². The number of aromatic hydroxyl groups is 1. The Bertz CT molecular complexity index is 934. The highest BCUT2D eigenvalue weighted by Crippen LogP contribution is 2.36. The highest BCUT2D eigenvalue weighted by atomic mass is 32.2. The molecule has 0 radical (unpaired) electrons. The molecule has 0 spiro atoms. The molecule has 6 nitrogen and oxygen atoms in total. The fourth-order valence-electron chi connectivity index (χ4n) is 2.89. The quantitative estimate of drug-likeness (QED) is 0.911. The van der Waals surface area contributed by atoms with Gasteiger partial charge in [-0.1, -0.05) is 31.5 Å². The van der Waals surface area contributed by atoms with Crippen molar-refractivity contribution in [2.45, 2.75) is 38.6 Å². The Labute approximate surface area is 141 Å². The van der Waals surface area contributed by atoms with Crippen molar-refractivity contribution in [2.24, 2.45) is 7.05 Å². The molecular formula is C17H22N2O4S. The van der Waals surface area contributed by atoms with E-state index in [-0.39, 0.29) is 5.56 Å². The van der Waals surface area contributed by atoms with Crippen molar-refractivity contribution in [1.82, 2.24) is 9.78 Å². The van der Waals surface area contributed by atoms with Crippen LogP contribution in [0.25, 0.3) is 11.1 Å². The van der Waals surface area contributed by atoms with Gasteiger partial charge < -0.3 is 5.11 Å². The summed E-state index contributed by atoms with van der Waals surface area (Å²) >= 11 is 0. The van der Waals surface area contributed by atoms with Gasteiger partial charge in [-0.15, -0.1) is 0 Å². The second-order valence-electron chi connectivity index (χ2n) is 5.89. The molecule has 0 saturated carbocycles. The first-order valence-corrected chi connectivity index (χ1v) is 9.64. The van der Waals surface area contributed by atoms with Gasteiger partial charge in [0.1, 0.15) is 0 Å². The SMILES string of the molecule is CCc1cc(C)cc(CC)c1-c1c(O)c(S(C)(=O)=O)nn(C)c1=O. The highest BCUT2D eigenvalue weighted by Gasteiger charge is 2.26. The van der Waals surface area contributed by atoms with E-state index in [1.54, 1.807) is 0 Å². The minimum Gasteiger partial charge on any atom is -0.504 e. The Morgan fingerprint density at radius 3 is 2.04 bits per heavy atom. The Hall–Kier alpha value is -2.15. The van der Waals surface area contributed by atoms with Gasteiger partial charge in [0.15, 0.2) is 15.6 Å². The molecule has 2 aromatic rings. The van der Waals surface area contributed by atoms with Crippen molar-refractivity contribution in [3.63, 3.8) is 0 Å². The molecule has 0 atom stereocenters. The zero-order chi connectivity index (χ0) is 18.2. The molecule has 1 aromatic heterocycles. The minimum atomic E-state index is -3.77. The van der Waals surface area contributed by atoms with E-state index < -0.39 is 26.2 Å². The third-order valence-corrected chi connectivity index (χ3v) is 4.97. The predicted octanol–water partition coefficient (Wildman–Crippen LogP) is 1.99. The van der Waals surface area contributed by atoms with E-state index in [0.29, 0.717) is 18.4 Å². The summed E-state index contributed by atoms with van der Waals surface area (Å²) in [7, 11) is -2.39. The Morgan fingerprint density at radius 2 is 1.62 bits per heavy atom. The first-order valence-electron chi connectivity index (χ1n) is 7.74. The van der Waals surface area contributed by atoms with E-state index in [2.05, 4.69) is 5.10 Å². The lowest BCUT2D eigenvalue weighted by atomic mass is 9.90. The molecule has 0 unspecified atom stereocenters. The molecule has 0 amide bonds. The number of hydrogen-bond acceptors (Lipinski definition) is 5. The third-order valence-electron chi connectivity index (χ3n) is 4.00. The van der Waals surface area contributed by atoms with Gasteiger partial charge in [-0.05, 0) is 36.5 Å². The van der Waals surface area contributed by atoms with Crippen LogP contribution in [0.15, 0.2) is 22.0 Å². The maximum Gasteiger partial charge on any atom is 0.278 e. The van der Waals surface area contributed by atoms with Crippen LogP contribution in [0.1, 0.15) is 30.5 Å². The zero-order valence-corrected chi connectivity index (χ0v) is 15.4. The number of benzene rings is 1. The third kappa shape index (κ3) is 3.08. The predicted molar refractivity (Wildman–Crippen MR) is 93.2 cm³/mol. The van der Waals surface area contributed by atoms with Gasteiger partial charge in [-0.25, -0.2) is 13.1 Å². The lowest BCUT2D eigenvalue weighted by molar-refractivity contribution is 0.441. The lowest BCUT2D eigenvalue weighted by Gasteiger charge is -2.17. The summed E-state index contributed by atoms with van der Waals surface area (Å²) in [5, 5.41) is 13.8. The van der Waals surface area contributed by atoms with E-state index in [9.17, 15) is 18.3 Å². The largest absolute Gasteiger partial charge is 0.504 e. The maximum atomic E-state index is 12.6. The summed E-state index contributed by atoms with van der Waals surface area (Å²) in [5.41, 5.74) is 2.93. The molecule has 1 N–H and O–H groups in total. The van der Waals surface area contributed by atoms with Gasteiger partial charge in [-0.2, -0.15) is 5.10 Å². The molecule has 0 aliphatic heterocycles. The summed E-state index contributed by atoms with van der Waals surface area (Å²) < 4.78 is 24.8. The summed E-state index contributed by atoms with van der Waals surface area (Å²) in [6, 6.07) is 3.90. The summed E-state index contributed by atoms with van der Waals surface area (Å²) in [5.74, 6) is -0.575. The van der Waals surface area contributed by atoms with Crippen molar-refractivity contribution in [3.05, 3.63) is 39.2 Å². The van der Waals surface area contributed by atoms with Crippen molar-refractivity contribution in [2.75, 3.05) is 6.26 Å². The second kappa shape index (κ2) is 6.39. The average Bonchev–Trinajstić information content (AvgIpc) is 2.50. The Kier molecular flexibility index (Phi) is 4.85. The van der Waals surface area contributed by atoms with E-state index in [1.165, 1.54) is 7.05 Å². The molecule has 24 heavy (non-hydrogen) atoms. The fraction of sp³-hybridized carbons (Fsp3) is 0.412. The lowest BCUT2D eigenvalue weighted by Crippen LogP contribution is -2.25. The summed E-state index contributed by atoms with van der Waals surface area (Å²) in [4.78, 5) is 12.6. The van der Waals surface area contributed by atoms with Crippen LogP contribution in [0.2, 0.25) is 0 Å². The van der Waals surface area contributed by atoms with Crippen LogP contribution in [-0.2, 0) is 29.7 Å². The molecule has 1 aromatic carbocycles. The number of nitrogens with zero attached hydrogens (tertiary/aromatic N) is 2. The smallest absolute Gasteiger partial charge is 0.278 e. The van der Waals surface area contributed by atoms with Crippen molar-refractivity contribution >= 4 is 9.84 Å². The monoisotopic (exact) mass is 350 g/mol. The van der Waals surface area contributed by atoms with E-state index in [1.807, 2.05) is 32.9 Å². The number of aromatic nitrogens is 2. The molecule has 0 bridgehead atoms. The summed E-state index contributed by atoms with van der Waals surface area (Å²) in [6.45, 7) is 5.88. The molecule has 7 heteroatoms. The molecule has 0 aliphatic carbocycles. The van der Waals surface area contributed by atoms with Crippen LogP contribution in [0.3, 0.4) is 0 Å². The topological polar surface area (TPSA) is 89.3 Å². The zero-order valence-electron chi connectivity index (χ0n) is 14.5.